The average molecular weight is 717 g/mol. The molecular weight excluding hydrogens is 674 g/mol. The third kappa shape index (κ3) is 6.52. The molecule has 3 amide bonds. The fourth-order valence-electron chi connectivity index (χ4n) is 7.97. The number of carbonyl (C=O) groups is 3. The molecular formula is C36H42BrN7O4. The van der Waals surface area contributed by atoms with E-state index < -0.39 is 0 Å². The van der Waals surface area contributed by atoms with Crippen molar-refractivity contribution in [2.24, 2.45) is 12.5 Å². The maximum Gasteiger partial charge on any atom is 0.282 e. The number of nitrogens with one attached hydrogen (secondary N) is 2. The molecule has 3 aromatic rings. The maximum absolute atomic E-state index is 13.4. The second-order valence-corrected chi connectivity index (χ2v) is 15.0. The Kier molecular flexibility index (Phi) is 8.88. The average Bonchev–Trinajstić information content (AvgIpc) is 3.07. The number of likely N-dealkylation sites (N-methyl/N-ethyl adjacent to an activating group) is 1. The molecule has 48 heavy (non-hydrogen) atoms. The number of likely N-dealkylation sites (tertiary alicyclic amines) is 2. The van der Waals surface area contributed by atoms with E-state index in [-0.39, 0.29) is 40.7 Å². The Hall–Kier alpha value is -4.03. The molecule has 4 fully saturated rings. The summed E-state index contributed by atoms with van der Waals surface area (Å²) in [6, 6.07) is 16.5. The minimum absolute atomic E-state index is 0.0990. The zero-order valence-corrected chi connectivity index (χ0v) is 29.0. The van der Waals surface area contributed by atoms with Crippen LogP contribution in [-0.2, 0) is 16.6 Å². The van der Waals surface area contributed by atoms with E-state index in [1.165, 1.54) is 10.2 Å². The zero-order chi connectivity index (χ0) is 33.6. The van der Waals surface area contributed by atoms with Crippen LogP contribution in [0.1, 0.15) is 65.4 Å². The van der Waals surface area contributed by atoms with Crippen molar-refractivity contribution in [1.82, 2.24) is 24.9 Å². The number of nitrogens with zero attached hydrogens (tertiary/aromatic N) is 5. The van der Waals surface area contributed by atoms with Gasteiger partial charge in [0.25, 0.3) is 11.5 Å². The lowest BCUT2D eigenvalue weighted by Crippen LogP contribution is -2.61. The van der Waals surface area contributed by atoms with E-state index in [1.807, 2.05) is 29.2 Å². The number of hydrogen-bond acceptors (Lipinski definition) is 8. The van der Waals surface area contributed by atoms with Crippen molar-refractivity contribution in [3.05, 3.63) is 86.2 Å². The third-order valence-electron chi connectivity index (χ3n) is 10.8. The van der Waals surface area contributed by atoms with Gasteiger partial charge < -0.3 is 20.0 Å². The summed E-state index contributed by atoms with van der Waals surface area (Å²) in [5.41, 5.74) is 4.76. The van der Waals surface area contributed by atoms with Crippen LogP contribution in [0.4, 0.5) is 11.4 Å². The Labute approximate surface area is 288 Å². The van der Waals surface area contributed by atoms with Crippen LogP contribution in [0.3, 0.4) is 0 Å². The van der Waals surface area contributed by atoms with E-state index in [0.717, 1.165) is 75.3 Å². The molecule has 2 N–H and O–H groups in total. The van der Waals surface area contributed by atoms with E-state index in [9.17, 15) is 19.2 Å². The molecule has 5 heterocycles. The Morgan fingerprint density at radius 1 is 0.958 bits per heavy atom. The van der Waals surface area contributed by atoms with Gasteiger partial charge in [-0.25, -0.2) is 4.68 Å². The molecule has 7 rings (SSSR count). The Morgan fingerprint density at radius 3 is 2.33 bits per heavy atom. The van der Waals surface area contributed by atoms with Gasteiger partial charge in [-0.1, -0.05) is 24.3 Å². The molecule has 0 radical (unpaired) electrons. The molecule has 4 saturated heterocycles. The number of hydrogen-bond donors (Lipinski definition) is 2. The number of piperidine rings is 3. The first-order valence-electron chi connectivity index (χ1n) is 16.8. The molecule has 4 aliphatic heterocycles. The molecule has 0 aliphatic carbocycles. The molecule has 1 unspecified atom stereocenters. The van der Waals surface area contributed by atoms with Crippen LogP contribution >= 0.6 is 15.9 Å². The number of amides is 3. The molecule has 0 saturated carbocycles. The van der Waals surface area contributed by atoms with E-state index in [2.05, 4.69) is 72.8 Å². The van der Waals surface area contributed by atoms with Gasteiger partial charge in [0, 0.05) is 75.4 Å². The normalized spacial score (nSPS) is 24.3. The van der Waals surface area contributed by atoms with Crippen LogP contribution < -0.4 is 21.1 Å². The Bertz CT molecular complexity index is 1760. The quantitative estimate of drug-likeness (QED) is 0.371. The van der Waals surface area contributed by atoms with Crippen molar-refractivity contribution < 1.29 is 14.4 Å². The first-order valence-corrected chi connectivity index (χ1v) is 17.6. The number of aromatic nitrogens is 2. The summed E-state index contributed by atoms with van der Waals surface area (Å²) < 4.78 is 1.80. The Morgan fingerprint density at radius 2 is 1.65 bits per heavy atom. The van der Waals surface area contributed by atoms with Crippen LogP contribution in [0.2, 0.25) is 0 Å². The highest BCUT2D eigenvalue weighted by molar-refractivity contribution is 9.10. The number of rotatable bonds is 6. The second-order valence-electron chi connectivity index (χ2n) is 14.2. The van der Waals surface area contributed by atoms with Gasteiger partial charge in [0.05, 0.1) is 17.8 Å². The summed E-state index contributed by atoms with van der Waals surface area (Å²) in [6.45, 7) is 5.26. The van der Waals surface area contributed by atoms with Crippen molar-refractivity contribution in [2.75, 3.05) is 56.5 Å². The molecule has 0 bridgehead atoms. The fraction of sp³-hybridized carbons (Fsp3) is 0.472. The van der Waals surface area contributed by atoms with Gasteiger partial charge in [-0.2, -0.15) is 5.10 Å². The zero-order valence-electron chi connectivity index (χ0n) is 27.5. The van der Waals surface area contributed by atoms with Gasteiger partial charge in [-0.3, -0.25) is 24.5 Å². The third-order valence-corrected chi connectivity index (χ3v) is 11.5. The highest BCUT2D eigenvalue weighted by atomic mass is 79.9. The number of anilines is 2. The van der Waals surface area contributed by atoms with Gasteiger partial charge in [0.2, 0.25) is 11.8 Å². The first-order chi connectivity index (χ1) is 23.1. The lowest BCUT2D eigenvalue weighted by molar-refractivity contribution is -0.134. The lowest BCUT2D eigenvalue weighted by Gasteiger charge is -2.54. The fourth-order valence-corrected chi connectivity index (χ4v) is 8.44. The SMILES string of the molecule is CN1C[C@H](Nc2cnn(C)c(=O)c2Br)C[C@H](c2ccc(C(=O)N3CC4(CCN(c5ccc(C6CCC(=O)NC6=O)cc5)CC4)C3)cc2)C1. The standard InChI is InChI=1S/C36H42BrN7O4/c1-41-19-26(17-27(20-41)39-30-18-38-42(2)35(48)32(30)37)23-3-5-25(6-4-23)34(47)44-21-36(22-44)13-15-43(16-14-36)28-9-7-24(8-10-28)29-11-12-31(45)40-33(29)46/h3-10,18,26-27,29,39H,11-17,19-22H2,1-2H3,(H,40,45,46)/t26-,27+,29?/m0/s1. The van der Waals surface area contributed by atoms with Crippen LogP contribution in [0, 0.1) is 5.41 Å². The van der Waals surface area contributed by atoms with Gasteiger partial charge >= 0.3 is 0 Å². The summed E-state index contributed by atoms with van der Waals surface area (Å²) in [7, 11) is 3.75. The smallest absolute Gasteiger partial charge is 0.282 e. The number of benzene rings is 2. The number of aryl methyl sites for hydroxylation is 1. The minimum atomic E-state index is -0.265. The molecule has 252 valence electrons. The van der Waals surface area contributed by atoms with Gasteiger partial charge in [-0.15, -0.1) is 0 Å². The van der Waals surface area contributed by atoms with E-state index in [0.29, 0.717) is 28.9 Å². The topological polar surface area (TPSA) is 120 Å². The Balaban J connectivity index is 0.906. The maximum atomic E-state index is 13.4. The van der Waals surface area contributed by atoms with Crippen LogP contribution in [-0.4, -0.2) is 89.7 Å². The van der Waals surface area contributed by atoms with E-state index >= 15 is 0 Å². The second kappa shape index (κ2) is 13.1. The van der Waals surface area contributed by atoms with Crippen LogP contribution in [0.15, 0.2) is 64.0 Å². The first kappa shape index (κ1) is 32.5. The van der Waals surface area contributed by atoms with Crippen molar-refractivity contribution >= 4 is 45.0 Å². The monoisotopic (exact) mass is 715 g/mol. The van der Waals surface area contributed by atoms with Crippen LogP contribution in [0.25, 0.3) is 0 Å². The lowest BCUT2D eigenvalue weighted by atomic mass is 9.71. The van der Waals surface area contributed by atoms with Gasteiger partial charge in [0.15, 0.2) is 0 Å². The van der Waals surface area contributed by atoms with Crippen molar-refractivity contribution in [3.8, 4) is 0 Å². The highest BCUT2D eigenvalue weighted by Gasteiger charge is 2.47. The predicted octanol–water partition coefficient (Wildman–Crippen LogP) is 3.71. The number of halogens is 1. The molecule has 1 spiro atoms. The summed E-state index contributed by atoms with van der Waals surface area (Å²) in [6.07, 6.45) is 5.62. The summed E-state index contributed by atoms with van der Waals surface area (Å²) in [5.74, 6) is -0.262. The largest absolute Gasteiger partial charge is 0.379 e. The molecule has 3 atom stereocenters. The van der Waals surface area contributed by atoms with Gasteiger partial charge in [-0.05, 0) is 90.0 Å². The molecule has 1 aromatic heterocycles. The predicted molar refractivity (Wildman–Crippen MR) is 187 cm³/mol. The van der Waals surface area contributed by atoms with Crippen LogP contribution in [0.5, 0.6) is 0 Å². The van der Waals surface area contributed by atoms with Crippen molar-refractivity contribution in [1.29, 1.82) is 0 Å². The number of imide groups is 1. The van der Waals surface area contributed by atoms with Crippen molar-refractivity contribution in [3.63, 3.8) is 0 Å². The highest BCUT2D eigenvalue weighted by Crippen LogP contribution is 2.42. The molecule has 2 aromatic carbocycles. The van der Waals surface area contributed by atoms with E-state index in [1.54, 1.807) is 13.2 Å². The minimum Gasteiger partial charge on any atom is -0.379 e. The number of carbonyl (C=O) groups excluding carboxylic acids is 3. The van der Waals surface area contributed by atoms with Crippen molar-refractivity contribution in [2.45, 2.75) is 50.0 Å². The summed E-state index contributed by atoms with van der Waals surface area (Å²) >= 11 is 3.42. The van der Waals surface area contributed by atoms with E-state index in [4.69, 9.17) is 0 Å². The molecule has 11 nitrogen and oxygen atoms in total. The molecule has 12 heteroatoms. The summed E-state index contributed by atoms with van der Waals surface area (Å²) in [5, 5.41) is 10.1. The summed E-state index contributed by atoms with van der Waals surface area (Å²) in [4.78, 5) is 56.2. The molecule has 4 aliphatic rings. The van der Waals surface area contributed by atoms with Gasteiger partial charge in [0.1, 0.15) is 4.47 Å².